The predicted molar refractivity (Wildman–Crippen MR) is 100 cm³/mol. The SMILES string of the molecule is CCCCc1ccccc1C.CCCCc1ccccc1C=O. The largest absolute Gasteiger partial charge is 0.298 e. The molecule has 2 aromatic rings. The average Bonchev–Trinajstić information content (AvgIpc) is 2.60. The van der Waals surface area contributed by atoms with Gasteiger partial charge < -0.3 is 0 Å². The molecule has 124 valence electrons. The number of rotatable bonds is 7. The van der Waals surface area contributed by atoms with Gasteiger partial charge in [0.25, 0.3) is 0 Å². The number of aldehydes is 1. The third kappa shape index (κ3) is 7.27. The lowest BCUT2D eigenvalue weighted by Gasteiger charge is -2.02. The van der Waals surface area contributed by atoms with Crippen LogP contribution in [0.4, 0.5) is 0 Å². The van der Waals surface area contributed by atoms with Crippen molar-refractivity contribution in [1.29, 1.82) is 0 Å². The number of hydrogen-bond donors (Lipinski definition) is 0. The van der Waals surface area contributed by atoms with Crippen molar-refractivity contribution in [3.05, 3.63) is 70.8 Å². The fourth-order valence-electron chi connectivity index (χ4n) is 2.50. The second-order valence-corrected chi connectivity index (χ2v) is 5.95. The second-order valence-electron chi connectivity index (χ2n) is 5.95. The van der Waals surface area contributed by atoms with Crippen molar-refractivity contribution < 1.29 is 4.79 Å². The Hall–Kier alpha value is -1.89. The Morgan fingerprint density at radius 1 is 0.783 bits per heavy atom. The van der Waals surface area contributed by atoms with E-state index in [1.165, 1.54) is 42.4 Å². The molecule has 0 saturated carbocycles. The summed E-state index contributed by atoms with van der Waals surface area (Å²) >= 11 is 0. The monoisotopic (exact) mass is 310 g/mol. The zero-order valence-corrected chi connectivity index (χ0v) is 14.8. The number of carbonyl (C=O) groups is 1. The highest BCUT2D eigenvalue weighted by atomic mass is 16.1. The molecule has 0 aliphatic rings. The summed E-state index contributed by atoms with van der Waals surface area (Å²) in [7, 11) is 0. The molecule has 23 heavy (non-hydrogen) atoms. The molecule has 0 fully saturated rings. The van der Waals surface area contributed by atoms with Gasteiger partial charge in [-0.25, -0.2) is 0 Å². The van der Waals surface area contributed by atoms with Crippen molar-refractivity contribution in [3.8, 4) is 0 Å². The highest BCUT2D eigenvalue weighted by Crippen LogP contribution is 2.10. The molecule has 0 unspecified atom stereocenters. The maximum Gasteiger partial charge on any atom is 0.150 e. The Kier molecular flexibility index (Phi) is 9.70. The standard InChI is InChI=1S/C11H14O.C11H16/c1-2-3-6-10-7-4-5-8-11(10)9-12;1-3-4-8-11-9-6-5-7-10(11)2/h4-5,7-9H,2-3,6H2,1H3;5-7,9H,3-4,8H2,1-2H3. The summed E-state index contributed by atoms with van der Waals surface area (Å²) in [4.78, 5) is 10.6. The Morgan fingerprint density at radius 2 is 1.30 bits per heavy atom. The molecule has 0 radical (unpaired) electrons. The predicted octanol–water partition coefficient (Wildman–Crippen LogP) is 6.18. The third-order valence-electron chi connectivity index (χ3n) is 4.04. The van der Waals surface area contributed by atoms with Crippen LogP contribution in [0, 0.1) is 6.92 Å². The van der Waals surface area contributed by atoms with Crippen LogP contribution in [0.5, 0.6) is 0 Å². The Balaban J connectivity index is 0.000000231. The van der Waals surface area contributed by atoms with Crippen LogP contribution in [0.25, 0.3) is 0 Å². The van der Waals surface area contributed by atoms with Crippen molar-refractivity contribution in [2.45, 2.75) is 59.3 Å². The normalized spacial score (nSPS) is 9.87. The fourth-order valence-corrected chi connectivity index (χ4v) is 2.50. The Morgan fingerprint density at radius 3 is 1.87 bits per heavy atom. The number of carbonyl (C=O) groups excluding carboxylic acids is 1. The number of unbranched alkanes of at least 4 members (excludes halogenated alkanes) is 2. The molecule has 0 heterocycles. The van der Waals surface area contributed by atoms with Gasteiger partial charge in [0.1, 0.15) is 6.29 Å². The van der Waals surface area contributed by atoms with Crippen molar-refractivity contribution in [2.24, 2.45) is 0 Å². The van der Waals surface area contributed by atoms with E-state index in [9.17, 15) is 4.79 Å². The first kappa shape index (κ1) is 19.2. The first-order valence-corrected chi connectivity index (χ1v) is 8.80. The van der Waals surface area contributed by atoms with Crippen molar-refractivity contribution in [1.82, 2.24) is 0 Å². The number of hydrogen-bond acceptors (Lipinski definition) is 1. The van der Waals surface area contributed by atoms with Gasteiger partial charge >= 0.3 is 0 Å². The summed E-state index contributed by atoms with van der Waals surface area (Å²) in [5.74, 6) is 0. The summed E-state index contributed by atoms with van der Waals surface area (Å²) in [5, 5.41) is 0. The Labute approximate surface area is 141 Å². The van der Waals surface area contributed by atoms with Gasteiger partial charge in [-0.05, 0) is 49.3 Å². The van der Waals surface area contributed by atoms with Crippen LogP contribution in [0.2, 0.25) is 0 Å². The van der Waals surface area contributed by atoms with E-state index in [4.69, 9.17) is 0 Å². The molecule has 0 aliphatic heterocycles. The third-order valence-corrected chi connectivity index (χ3v) is 4.04. The lowest BCUT2D eigenvalue weighted by atomic mass is 10.0. The summed E-state index contributed by atoms with van der Waals surface area (Å²) in [5.41, 5.74) is 4.95. The molecular weight excluding hydrogens is 280 g/mol. The molecule has 0 aliphatic carbocycles. The lowest BCUT2D eigenvalue weighted by Crippen LogP contribution is -1.91. The molecule has 0 atom stereocenters. The van der Waals surface area contributed by atoms with Crippen molar-refractivity contribution >= 4 is 6.29 Å². The van der Waals surface area contributed by atoms with E-state index in [1.807, 2.05) is 24.3 Å². The van der Waals surface area contributed by atoms with Gasteiger partial charge in [-0.3, -0.25) is 4.79 Å². The lowest BCUT2D eigenvalue weighted by molar-refractivity contribution is 0.112. The van der Waals surface area contributed by atoms with E-state index < -0.39 is 0 Å². The van der Waals surface area contributed by atoms with E-state index in [0.29, 0.717) is 0 Å². The molecule has 0 N–H and O–H groups in total. The van der Waals surface area contributed by atoms with Crippen LogP contribution >= 0.6 is 0 Å². The summed E-state index contributed by atoms with van der Waals surface area (Å²) in [6, 6.07) is 16.4. The molecule has 2 aromatic carbocycles. The van der Waals surface area contributed by atoms with Gasteiger partial charge in [0.15, 0.2) is 0 Å². The highest BCUT2D eigenvalue weighted by Gasteiger charge is 1.98. The topological polar surface area (TPSA) is 17.1 Å². The van der Waals surface area contributed by atoms with Gasteiger partial charge in [-0.2, -0.15) is 0 Å². The van der Waals surface area contributed by atoms with Gasteiger partial charge in [-0.15, -0.1) is 0 Å². The molecule has 0 saturated heterocycles. The molecule has 0 bridgehead atoms. The minimum absolute atomic E-state index is 0.839. The highest BCUT2D eigenvalue weighted by molar-refractivity contribution is 5.77. The van der Waals surface area contributed by atoms with Crippen molar-refractivity contribution in [3.63, 3.8) is 0 Å². The number of aryl methyl sites for hydroxylation is 3. The number of benzene rings is 2. The summed E-state index contributed by atoms with van der Waals surface area (Å²) in [6.45, 7) is 6.58. The van der Waals surface area contributed by atoms with Crippen LogP contribution in [0.3, 0.4) is 0 Å². The first-order valence-electron chi connectivity index (χ1n) is 8.80. The zero-order valence-electron chi connectivity index (χ0n) is 14.8. The Bertz CT molecular complexity index is 572. The summed E-state index contributed by atoms with van der Waals surface area (Å²) in [6.07, 6.45) is 8.12. The molecule has 0 amide bonds. The van der Waals surface area contributed by atoms with E-state index in [2.05, 4.69) is 45.0 Å². The average molecular weight is 310 g/mol. The van der Waals surface area contributed by atoms with Gasteiger partial charge in [0, 0.05) is 5.56 Å². The maximum atomic E-state index is 10.6. The molecule has 1 heteroatoms. The minimum atomic E-state index is 0.839. The zero-order chi connectivity index (χ0) is 16.9. The molecule has 2 rings (SSSR count). The molecule has 0 spiro atoms. The van der Waals surface area contributed by atoms with Gasteiger partial charge in [0.2, 0.25) is 0 Å². The molecular formula is C22H30O. The van der Waals surface area contributed by atoms with E-state index in [0.717, 1.165) is 24.7 Å². The molecule has 0 aromatic heterocycles. The van der Waals surface area contributed by atoms with E-state index in [1.54, 1.807) is 0 Å². The van der Waals surface area contributed by atoms with Gasteiger partial charge in [-0.1, -0.05) is 75.2 Å². The van der Waals surface area contributed by atoms with Crippen LogP contribution in [-0.2, 0) is 12.8 Å². The second kappa shape index (κ2) is 11.6. The molecule has 1 nitrogen and oxygen atoms in total. The fraction of sp³-hybridized carbons (Fsp3) is 0.409. The van der Waals surface area contributed by atoms with E-state index in [-0.39, 0.29) is 0 Å². The van der Waals surface area contributed by atoms with Crippen molar-refractivity contribution in [2.75, 3.05) is 0 Å². The van der Waals surface area contributed by atoms with Crippen LogP contribution in [0.1, 0.15) is 66.6 Å². The van der Waals surface area contributed by atoms with E-state index >= 15 is 0 Å². The quantitative estimate of drug-likeness (QED) is 0.558. The van der Waals surface area contributed by atoms with Gasteiger partial charge in [0.05, 0.1) is 0 Å². The van der Waals surface area contributed by atoms with Crippen LogP contribution in [0.15, 0.2) is 48.5 Å². The maximum absolute atomic E-state index is 10.6. The summed E-state index contributed by atoms with van der Waals surface area (Å²) < 4.78 is 0. The van der Waals surface area contributed by atoms with Crippen LogP contribution < -0.4 is 0 Å². The first-order chi connectivity index (χ1) is 11.2. The van der Waals surface area contributed by atoms with Crippen LogP contribution in [-0.4, -0.2) is 6.29 Å². The minimum Gasteiger partial charge on any atom is -0.298 e. The smallest absolute Gasteiger partial charge is 0.150 e.